The van der Waals surface area contributed by atoms with Crippen LogP contribution < -0.4 is 0 Å². The van der Waals surface area contributed by atoms with Gasteiger partial charge in [0.2, 0.25) is 0 Å². The summed E-state index contributed by atoms with van der Waals surface area (Å²) in [6.45, 7) is 8.05. The lowest BCUT2D eigenvalue weighted by Crippen LogP contribution is -2.36. The quantitative estimate of drug-likeness (QED) is 0.187. The number of imidazole rings is 1. The molecule has 1 aromatic heterocycles. The summed E-state index contributed by atoms with van der Waals surface area (Å²) >= 11 is 0. The van der Waals surface area contributed by atoms with E-state index in [0.29, 0.717) is 0 Å². The summed E-state index contributed by atoms with van der Waals surface area (Å²) in [6, 6.07) is 40.2. The van der Waals surface area contributed by atoms with E-state index in [1.54, 1.807) is 0 Å². The van der Waals surface area contributed by atoms with Crippen LogP contribution in [0.15, 0.2) is 152 Å². The molecular formula is C35H26N2. The fourth-order valence-electron chi connectivity index (χ4n) is 5.75. The monoisotopic (exact) mass is 474 g/mol. The maximum absolute atomic E-state index is 5.01. The van der Waals surface area contributed by atoms with Crippen LogP contribution in [0, 0.1) is 0 Å². The topological polar surface area (TPSA) is 17.8 Å². The number of fused-ring (bicyclic) bond motifs is 1. The highest BCUT2D eigenvalue weighted by Crippen LogP contribution is 2.50. The Labute approximate surface area is 217 Å². The van der Waals surface area contributed by atoms with Crippen molar-refractivity contribution in [1.82, 2.24) is 9.55 Å². The first-order chi connectivity index (χ1) is 18.3. The number of nitrogens with zero attached hydrogens (tertiary/aromatic N) is 2. The molecule has 0 bridgehead atoms. The van der Waals surface area contributed by atoms with E-state index < -0.39 is 5.54 Å². The number of benzene rings is 4. The van der Waals surface area contributed by atoms with Gasteiger partial charge in [0, 0.05) is 17.3 Å². The summed E-state index contributed by atoms with van der Waals surface area (Å²) in [5, 5.41) is 0. The zero-order chi connectivity index (χ0) is 25.2. The Kier molecular flexibility index (Phi) is 5.68. The second-order valence-corrected chi connectivity index (χ2v) is 9.17. The lowest BCUT2D eigenvalue weighted by Gasteiger charge is -2.37. The van der Waals surface area contributed by atoms with Crippen LogP contribution >= 0.6 is 0 Å². The molecule has 2 nitrogen and oxygen atoms in total. The highest BCUT2D eigenvalue weighted by Gasteiger charge is 2.40. The molecule has 0 radical (unpaired) electrons. The molecule has 0 atom stereocenters. The Balaban J connectivity index is 1.62. The molecule has 4 aromatic carbocycles. The minimum absolute atomic E-state index is 0.131. The van der Waals surface area contributed by atoms with Gasteiger partial charge in [-0.2, -0.15) is 0 Å². The van der Waals surface area contributed by atoms with Crippen molar-refractivity contribution in [3.05, 3.63) is 186 Å². The molecule has 0 aliphatic heterocycles. The first kappa shape index (κ1) is 22.6. The molecular weight excluding hydrogens is 448 g/mol. The Hall–Kier alpha value is -4.87. The number of hydrogen-bond donors (Lipinski definition) is 0. The van der Waals surface area contributed by atoms with E-state index in [0.717, 1.165) is 44.7 Å². The van der Waals surface area contributed by atoms with Crippen LogP contribution in [0.3, 0.4) is 0 Å². The second-order valence-electron chi connectivity index (χ2n) is 9.17. The van der Waals surface area contributed by atoms with Crippen molar-refractivity contribution >= 4 is 11.1 Å². The molecule has 37 heavy (non-hydrogen) atoms. The van der Waals surface area contributed by atoms with E-state index in [1.165, 1.54) is 0 Å². The number of aromatic nitrogens is 2. The maximum Gasteiger partial charge on any atom is 0.121 e. The number of allylic oxidation sites excluding steroid dienone is 2. The van der Waals surface area contributed by atoms with Gasteiger partial charge in [0.05, 0.1) is 17.9 Å². The van der Waals surface area contributed by atoms with Gasteiger partial charge in [0.1, 0.15) is 5.54 Å². The predicted molar refractivity (Wildman–Crippen MR) is 151 cm³/mol. The second kappa shape index (κ2) is 9.30. The van der Waals surface area contributed by atoms with E-state index in [9.17, 15) is 0 Å². The first-order valence-electron chi connectivity index (χ1n) is 12.4. The van der Waals surface area contributed by atoms with Gasteiger partial charge in [-0.15, -0.1) is 11.5 Å². The van der Waals surface area contributed by atoms with Gasteiger partial charge in [-0.1, -0.05) is 128 Å². The van der Waals surface area contributed by atoms with E-state index >= 15 is 0 Å². The largest absolute Gasteiger partial charge is 0.319 e. The maximum atomic E-state index is 5.01. The highest BCUT2D eigenvalue weighted by atomic mass is 15.1. The first-order valence-corrected chi connectivity index (χ1v) is 12.4. The number of rotatable bonds is 5. The van der Waals surface area contributed by atoms with Gasteiger partial charge in [0.25, 0.3) is 0 Å². The molecule has 0 fully saturated rings. The van der Waals surface area contributed by atoms with Gasteiger partial charge in [0.15, 0.2) is 0 Å². The van der Waals surface area contributed by atoms with Crippen LogP contribution in [-0.4, -0.2) is 9.55 Å². The smallest absolute Gasteiger partial charge is 0.121 e. The van der Waals surface area contributed by atoms with E-state index in [4.69, 9.17) is 4.98 Å². The standard InChI is InChI=1S/C35H26N2/c1-3-29-31-22-14-15-23-32(31)30(4-2)34(29)33-24-37(25-36-33)35(26-16-8-5-9-17-26,27-18-10-6-11-19-27)28-20-12-7-13-21-28/h5-25,34H,1-2H2. The highest BCUT2D eigenvalue weighted by molar-refractivity contribution is 5.97. The fourth-order valence-corrected chi connectivity index (χ4v) is 5.75. The third kappa shape index (κ3) is 3.48. The van der Waals surface area contributed by atoms with Crippen molar-refractivity contribution in [3.63, 3.8) is 0 Å². The summed E-state index contributed by atoms with van der Waals surface area (Å²) < 4.78 is 2.24. The van der Waals surface area contributed by atoms with Gasteiger partial charge < -0.3 is 4.57 Å². The van der Waals surface area contributed by atoms with Crippen LogP contribution in [0.25, 0.3) is 11.1 Å². The molecule has 1 aliphatic carbocycles. The van der Waals surface area contributed by atoms with E-state index in [-0.39, 0.29) is 5.92 Å². The van der Waals surface area contributed by atoms with Crippen LogP contribution in [0.1, 0.15) is 39.4 Å². The SMILES string of the molecule is C=C=C1c2ccccc2C(=C=C)C1c1cn(C(c2ccccc2)(c2ccccc2)c2ccccc2)cn1. The van der Waals surface area contributed by atoms with Gasteiger partial charge in [-0.25, -0.2) is 4.98 Å². The third-order valence-corrected chi connectivity index (χ3v) is 7.33. The lowest BCUT2D eigenvalue weighted by atomic mass is 9.76. The summed E-state index contributed by atoms with van der Waals surface area (Å²) in [6.07, 6.45) is 4.12. The Morgan fingerprint density at radius 3 is 1.41 bits per heavy atom. The molecule has 2 heteroatoms. The average molecular weight is 475 g/mol. The van der Waals surface area contributed by atoms with E-state index in [1.807, 2.05) is 18.5 Å². The van der Waals surface area contributed by atoms with Crippen molar-refractivity contribution in [2.24, 2.45) is 0 Å². The van der Waals surface area contributed by atoms with E-state index in [2.05, 4.69) is 139 Å². The zero-order valence-electron chi connectivity index (χ0n) is 20.5. The summed E-state index contributed by atoms with van der Waals surface area (Å²) in [5.74, 6) is -0.131. The molecule has 0 N–H and O–H groups in total. The average Bonchev–Trinajstić information content (AvgIpc) is 3.58. The third-order valence-electron chi connectivity index (χ3n) is 7.33. The molecule has 0 saturated carbocycles. The van der Waals surface area contributed by atoms with Gasteiger partial charge >= 0.3 is 0 Å². The Bertz CT molecular complexity index is 1520. The van der Waals surface area contributed by atoms with Crippen molar-refractivity contribution in [2.45, 2.75) is 11.5 Å². The normalized spacial score (nSPS) is 14.6. The molecule has 6 rings (SSSR count). The summed E-state index contributed by atoms with van der Waals surface area (Å²) in [7, 11) is 0. The fraction of sp³-hybridized carbons (Fsp3) is 0.0571. The van der Waals surface area contributed by atoms with Gasteiger partial charge in [-0.05, 0) is 27.8 Å². The van der Waals surface area contributed by atoms with Crippen molar-refractivity contribution < 1.29 is 0 Å². The molecule has 0 spiro atoms. The Morgan fingerprint density at radius 1 is 0.595 bits per heavy atom. The van der Waals surface area contributed by atoms with Crippen LogP contribution in [0.5, 0.6) is 0 Å². The van der Waals surface area contributed by atoms with Crippen LogP contribution in [0.2, 0.25) is 0 Å². The summed E-state index contributed by atoms with van der Waals surface area (Å²) in [4.78, 5) is 5.01. The van der Waals surface area contributed by atoms with Crippen LogP contribution in [-0.2, 0) is 5.54 Å². The summed E-state index contributed by atoms with van der Waals surface area (Å²) in [5.41, 5.74) is 14.4. The molecule has 0 unspecified atom stereocenters. The molecule has 176 valence electrons. The van der Waals surface area contributed by atoms with Crippen molar-refractivity contribution in [2.75, 3.05) is 0 Å². The molecule has 1 aliphatic rings. The van der Waals surface area contributed by atoms with Crippen molar-refractivity contribution in [1.29, 1.82) is 0 Å². The Morgan fingerprint density at radius 2 is 1.00 bits per heavy atom. The van der Waals surface area contributed by atoms with Crippen molar-refractivity contribution in [3.8, 4) is 0 Å². The minimum atomic E-state index is -0.614. The molecule has 1 heterocycles. The van der Waals surface area contributed by atoms with Gasteiger partial charge in [-0.3, -0.25) is 0 Å². The number of hydrogen-bond acceptors (Lipinski definition) is 1. The predicted octanol–water partition coefficient (Wildman–Crippen LogP) is 7.86. The molecule has 0 saturated heterocycles. The lowest BCUT2D eigenvalue weighted by molar-refractivity contribution is 0.514. The molecule has 0 amide bonds. The zero-order valence-corrected chi connectivity index (χ0v) is 20.5. The van der Waals surface area contributed by atoms with Crippen LogP contribution in [0.4, 0.5) is 0 Å². The molecule has 5 aromatic rings. The minimum Gasteiger partial charge on any atom is -0.319 e.